The van der Waals surface area contributed by atoms with Crippen molar-refractivity contribution in [1.82, 2.24) is 29.1 Å². The van der Waals surface area contributed by atoms with Crippen molar-refractivity contribution in [2.45, 2.75) is 0 Å². The topological polar surface area (TPSA) is 78.0 Å². The summed E-state index contributed by atoms with van der Waals surface area (Å²) in [6.07, 6.45) is 3.23. The standard InChI is InChI=1S/C21H12N6OS/c28-20-17-15(16-19(29-17)23-12-11-22-16)24-21-26(14-9-5-2-6-10-14)18(25-27(20)21)13-7-3-1-4-8-13/h1-12H. The second-order valence-corrected chi connectivity index (χ2v) is 7.48. The van der Waals surface area contributed by atoms with Gasteiger partial charge in [0, 0.05) is 18.0 Å². The van der Waals surface area contributed by atoms with Crippen molar-refractivity contribution in [3.05, 3.63) is 83.4 Å². The summed E-state index contributed by atoms with van der Waals surface area (Å²) in [5.41, 5.74) is 2.74. The third kappa shape index (κ3) is 2.33. The van der Waals surface area contributed by atoms with Crippen LogP contribution in [0.25, 0.3) is 43.4 Å². The summed E-state index contributed by atoms with van der Waals surface area (Å²) in [4.78, 5) is 27.5. The molecule has 6 rings (SSSR count). The van der Waals surface area contributed by atoms with Gasteiger partial charge in [0.1, 0.15) is 20.6 Å². The second-order valence-electron chi connectivity index (χ2n) is 6.48. The maximum absolute atomic E-state index is 13.3. The van der Waals surface area contributed by atoms with Crippen molar-refractivity contribution in [3.63, 3.8) is 0 Å². The minimum atomic E-state index is -0.221. The zero-order chi connectivity index (χ0) is 19.4. The van der Waals surface area contributed by atoms with Crippen LogP contribution in [0.1, 0.15) is 0 Å². The lowest BCUT2D eigenvalue weighted by Gasteiger charge is -2.07. The van der Waals surface area contributed by atoms with Gasteiger partial charge in [0.05, 0.1) is 5.69 Å². The van der Waals surface area contributed by atoms with Crippen LogP contribution in [0.3, 0.4) is 0 Å². The Labute approximate surface area is 167 Å². The molecule has 6 aromatic rings. The second kappa shape index (κ2) is 6.05. The van der Waals surface area contributed by atoms with Crippen molar-refractivity contribution >= 4 is 37.7 Å². The summed E-state index contributed by atoms with van der Waals surface area (Å²) < 4.78 is 3.77. The summed E-state index contributed by atoms with van der Waals surface area (Å²) in [6.45, 7) is 0. The van der Waals surface area contributed by atoms with E-state index in [9.17, 15) is 4.79 Å². The van der Waals surface area contributed by atoms with Crippen molar-refractivity contribution < 1.29 is 0 Å². The van der Waals surface area contributed by atoms with Crippen LogP contribution in [0, 0.1) is 0 Å². The van der Waals surface area contributed by atoms with Gasteiger partial charge >= 0.3 is 0 Å². The first kappa shape index (κ1) is 16.1. The molecular weight excluding hydrogens is 384 g/mol. The Morgan fingerprint density at radius 2 is 1.55 bits per heavy atom. The lowest BCUT2D eigenvalue weighted by molar-refractivity contribution is 0.920. The van der Waals surface area contributed by atoms with E-state index in [1.807, 2.05) is 65.2 Å². The molecule has 0 aliphatic carbocycles. The Bertz CT molecular complexity index is 1570. The molecule has 0 fully saturated rings. The average Bonchev–Trinajstić information content (AvgIpc) is 3.35. The van der Waals surface area contributed by atoms with Gasteiger partial charge < -0.3 is 0 Å². The highest BCUT2D eigenvalue weighted by atomic mass is 32.1. The van der Waals surface area contributed by atoms with Gasteiger partial charge in [0.15, 0.2) is 5.82 Å². The fraction of sp³-hybridized carbons (Fsp3) is 0. The average molecular weight is 396 g/mol. The largest absolute Gasteiger partial charge is 0.293 e. The van der Waals surface area contributed by atoms with E-state index in [2.05, 4.69) is 15.1 Å². The number of benzene rings is 2. The fourth-order valence-corrected chi connectivity index (χ4v) is 4.42. The summed E-state index contributed by atoms with van der Waals surface area (Å²) >= 11 is 1.29. The van der Waals surface area contributed by atoms with Crippen LogP contribution in [0.2, 0.25) is 0 Å². The van der Waals surface area contributed by atoms with Gasteiger partial charge in [-0.15, -0.1) is 16.4 Å². The predicted octanol–water partition coefficient (Wildman–Crippen LogP) is 3.71. The molecule has 0 amide bonds. The molecule has 4 aromatic heterocycles. The van der Waals surface area contributed by atoms with Crippen molar-refractivity contribution in [1.29, 1.82) is 0 Å². The molecular formula is C21H12N6OS. The summed E-state index contributed by atoms with van der Waals surface area (Å²) in [7, 11) is 0. The molecule has 138 valence electrons. The van der Waals surface area contributed by atoms with E-state index in [0.29, 0.717) is 32.2 Å². The Kier molecular flexibility index (Phi) is 3.35. The number of rotatable bonds is 2. The molecule has 8 heteroatoms. The van der Waals surface area contributed by atoms with Gasteiger partial charge in [-0.2, -0.15) is 4.52 Å². The Morgan fingerprint density at radius 1 is 0.828 bits per heavy atom. The molecule has 0 unspecified atom stereocenters. The quantitative estimate of drug-likeness (QED) is 0.446. The lowest BCUT2D eigenvalue weighted by atomic mass is 10.2. The zero-order valence-electron chi connectivity index (χ0n) is 14.9. The minimum absolute atomic E-state index is 0.221. The molecule has 2 aromatic carbocycles. The Hall–Kier alpha value is -3.91. The third-order valence-electron chi connectivity index (χ3n) is 4.74. The normalized spacial score (nSPS) is 11.6. The number of aromatic nitrogens is 6. The van der Waals surface area contributed by atoms with Crippen molar-refractivity contribution in [3.8, 4) is 17.1 Å². The van der Waals surface area contributed by atoms with Gasteiger partial charge in [-0.25, -0.2) is 15.0 Å². The number of fused-ring (bicyclic) bond motifs is 4. The van der Waals surface area contributed by atoms with Crippen LogP contribution in [0.4, 0.5) is 0 Å². The molecule has 0 spiro atoms. The number of hydrogen-bond acceptors (Lipinski definition) is 6. The summed E-state index contributed by atoms with van der Waals surface area (Å²) in [6, 6.07) is 19.6. The predicted molar refractivity (Wildman–Crippen MR) is 112 cm³/mol. The number of thiophene rings is 1. The highest BCUT2D eigenvalue weighted by Gasteiger charge is 2.21. The van der Waals surface area contributed by atoms with Crippen LogP contribution in [-0.2, 0) is 0 Å². The van der Waals surface area contributed by atoms with Crippen LogP contribution in [0.5, 0.6) is 0 Å². The molecule has 29 heavy (non-hydrogen) atoms. The van der Waals surface area contributed by atoms with E-state index in [1.165, 1.54) is 15.9 Å². The first-order chi connectivity index (χ1) is 14.3. The molecule has 0 saturated carbocycles. The van der Waals surface area contributed by atoms with Crippen molar-refractivity contribution in [2.24, 2.45) is 0 Å². The smallest absolute Gasteiger partial charge is 0.266 e. The molecule has 0 bridgehead atoms. The summed E-state index contributed by atoms with van der Waals surface area (Å²) in [5, 5.41) is 4.65. The highest BCUT2D eigenvalue weighted by Crippen LogP contribution is 2.29. The molecule has 7 nitrogen and oxygen atoms in total. The Morgan fingerprint density at radius 3 is 2.34 bits per heavy atom. The first-order valence-electron chi connectivity index (χ1n) is 8.97. The van der Waals surface area contributed by atoms with Crippen LogP contribution in [-0.4, -0.2) is 29.1 Å². The van der Waals surface area contributed by atoms with E-state index in [1.54, 1.807) is 12.4 Å². The molecule has 0 radical (unpaired) electrons. The van der Waals surface area contributed by atoms with Crippen LogP contribution >= 0.6 is 11.3 Å². The van der Waals surface area contributed by atoms with Gasteiger partial charge in [-0.05, 0) is 12.1 Å². The number of nitrogens with zero attached hydrogens (tertiary/aromatic N) is 6. The summed E-state index contributed by atoms with van der Waals surface area (Å²) in [5.74, 6) is 1.09. The van der Waals surface area contributed by atoms with E-state index in [-0.39, 0.29) is 5.56 Å². The first-order valence-corrected chi connectivity index (χ1v) is 9.79. The fourth-order valence-electron chi connectivity index (χ4n) is 3.46. The van der Waals surface area contributed by atoms with Gasteiger partial charge in [0.2, 0.25) is 5.78 Å². The molecule has 0 aliphatic rings. The highest BCUT2D eigenvalue weighted by molar-refractivity contribution is 7.25. The maximum atomic E-state index is 13.3. The van der Waals surface area contributed by atoms with Crippen LogP contribution < -0.4 is 5.56 Å². The molecule has 0 aliphatic heterocycles. The molecule has 0 N–H and O–H groups in total. The van der Waals surface area contributed by atoms with Gasteiger partial charge in [-0.1, -0.05) is 48.5 Å². The third-order valence-corrected chi connectivity index (χ3v) is 5.81. The lowest BCUT2D eigenvalue weighted by Crippen LogP contribution is -2.15. The number of para-hydroxylation sites is 1. The molecule has 0 atom stereocenters. The van der Waals surface area contributed by atoms with E-state index in [4.69, 9.17) is 4.98 Å². The SMILES string of the molecule is O=c1c2sc3nccnc3c2nc2n(-c3ccccc3)c(-c3ccccc3)nn12. The van der Waals surface area contributed by atoms with Gasteiger partial charge in [-0.3, -0.25) is 9.36 Å². The monoisotopic (exact) mass is 396 g/mol. The molecule has 0 saturated heterocycles. The zero-order valence-corrected chi connectivity index (χ0v) is 15.7. The van der Waals surface area contributed by atoms with Crippen molar-refractivity contribution in [2.75, 3.05) is 0 Å². The minimum Gasteiger partial charge on any atom is -0.266 e. The number of hydrogen-bond donors (Lipinski definition) is 0. The Balaban J connectivity index is 1.81. The van der Waals surface area contributed by atoms with E-state index in [0.717, 1.165) is 11.3 Å². The van der Waals surface area contributed by atoms with Gasteiger partial charge in [0.25, 0.3) is 5.56 Å². The maximum Gasteiger partial charge on any atom is 0.293 e. The van der Waals surface area contributed by atoms with E-state index >= 15 is 0 Å². The van der Waals surface area contributed by atoms with E-state index < -0.39 is 0 Å². The van der Waals surface area contributed by atoms with Crippen LogP contribution in [0.15, 0.2) is 77.9 Å². The molecule has 4 heterocycles.